The standard InChI is InChI=1S/C12H10N2O2/c1-9-2-4-11(13-6-9)12-5-3-10(7-14-12)16-8-15/h2-8H,1H3. The molecule has 0 amide bonds. The fourth-order valence-corrected chi connectivity index (χ4v) is 1.28. The molecule has 0 unspecified atom stereocenters. The Labute approximate surface area is 92.9 Å². The van der Waals surface area contributed by atoms with Crippen LogP contribution in [0.15, 0.2) is 36.7 Å². The second kappa shape index (κ2) is 4.53. The molecule has 4 heteroatoms. The first-order valence-electron chi connectivity index (χ1n) is 4.79. The van der Waals surface area contributed by atoms with Gasteiger partial charge < -0.3 is 4.74 Å². The Hall–Kier alpha value is -2.23. The minimum absolute atomic E-state index is 0.376. The molecular weight excluding hydrogens is 204 g/mol. The minimum atomic E-state index is 0.376. The molecule has 2 aromatic rings. The van der Waals surface area contributed by atoms with Crippen molar-refractivity contribution in [2.45, 2.75) is 6.92 Å². The highest BCUT2D eigenvalue weighted by atomic mass is 16.5. The Morgan fingerprint density at radius 2 is 1.75 bits per heavy atom. The van der Waals surface area contributed by atoms with Gasteiger partial charge in [0, 0.05) is 6.20 Å². The van der Waals surface area contributed by atoms with Gasteiger partial charge >= 0.3 is 0 Å². The maximum Gasteiger partial charge on any atom is 0.298 e. The highest BCUT2D eigenvalue weighted by Gasteiger charge is 2.00. The zero-order chi connectivity index (χ0) is 11.4. The highest BCUT2D eigenvalue weighted by Crippen LogP contribution is 2.17. The summed E-state index contributed by atoms with van der Waals surface area (Å²) in [5, 5.41) is 0. The van der Waals surface area contributed by atoms with Gasteiger partial charge in [-0.3, -0.25) is 14.8 Å². The highest BCUT2D eigenvalue weighted by molar-refractivity contribution is 5.55. The van der Waals surface area contributed by atoms with E-state index in [0.717, 1.165) is 17.0 Å². The van der Waals surface area contributed by atoms with Crippen molar-refractivity contribution in [2.24, 2.45) is 0 Å². The summed E-state index contributed by atoms with van der Waals surface area (Å²) in [6, 6.07) is 7.31. The van der Waals surface area contributed by atoms with Crippen LogP contribution >= 0.6 is 0 Å². The molecule has 0 bridgehead atoms. The first-order valence-corrected chi connectivity index (χ1v) is 4.79. The summed E-state index contributed by atoms with van der Waals surface area (Å²) in [7, 11) is 0. The topological polar surface area (TPSA) is 52.1 Å². The number of hydrogen-bond acceptors (Lipinski definition) is 4. The summed E-state index contributed by atoms with van der Waals surface area (Å²) in [5.74, 6) is 0.422. The quantitative estimate of drug-likeness (QED) is 0.733. The molecule has 0 aliphatic carbocycles. The van der Waals surface area contributed by atoms with Crippen molar-refractivity contribution in [2.75, 3.05) is 0 Å². The molecule has 0 spiro atoms. The van der Waals surface area contributed by atoms with Gasteiger partial charge in [-0.1, -0.05) is 6.07 Å². The molecule has 0 saturated heterocycles. The van der Waals surface area contributed by atoms with E-state index < -0.39 is 0 Å². The number of ether oxygens (including phenoxy) is 1. The molecule has 2 aromatic heterocycles. The van der Waals surface area contributed by atoms with Crippen molar-refractivity contribution in [3.05, 3.63) is 42.2 Å². The van der Waals surface area contributed by atoms with Crippen molar-refractivity contribution in [1.29, 1.82) is 0 Å². The zero-order valence-corrected chi connectivity index (χ0v) is 8.75. The van der Waals surface area contributed by atoms with Crippen LogP contribution < -0.4 is 4.74 Å². The van der Waals surface area contributed by atoms with Crippen LogP contribution in [0.2, 0.25) is 0 Å². The normalized spacial score (nSPS) is 9.81. The van der Waals surface area contributed by atoms with Gasteiger partial charge in [-0.15, -0.1) is 0 Å². The first-order chi connectivity index (χ1) is 7.79. The van der Waals surface area contributed by atoms with E-state index in [-0.39, 0.29) is 0 Å². The van der Waals surface area contributed by atoms with Crippen LogP contribution in [0.1, 0.15) is 5.56 Å². The van der Waals surface area contributed by atoms with Gasteiger partial charge in [0.15, 0.2) is 0 Å². The minimum Gasteiger partial charge on any atom is -0.427 e. The Kier molecular flexibility index (Phi) is 2.91. The Bertz CT molecular complexity index is 477. The molecule has 0 saturated carbocycles. The third-order valence-electron chi connectivity index (χ3n) is 2.09. The molecule has 0 atom stereocenters. The monoisotopic (exact) mass is 214 g/mol. The summed E-state index contributed by atoms with van der Waals surface area (Å²) >= 11 is 0. The predicted octanol–water partition coefficient (Wildman–Crippen LogP) is 1.99. The molecule has 0 N–H and O–H groups in total. The first kappa shape index (κ1) is 10.3. The van der Waals surface area contributed by atoms with Crippen LogP contribution in [0.3, 0.4) is 0 Å². The number of rotatable bonds is 3. The second-order valence-corrected chi connectivity index (χ2v) is 3.31. The van der Waals surface area contributed by atoms with E-state index in [1.807, 2.05) is 19.1 Å². The van der Waals surface area contributed by atoms with Crippen molar-refractivity contribution >= 4 is 6.47 Å². The fourth-order valence-electron chi connectivity index (χ4n) is 1.28. The SMILES string of the molecule is Cc1ccc(-c2ccc(OC=O)cn2)nc1. The number of pyridine rings is 2. The Morgan fingerprint density at radius 1 is 1.06 bits per heavy atom. The van der Waals surface area contributed by atoms with Crippen molar-refractivity contribution in [3.63, 3.8) is 0 Å². The maximum atomic E-state index is 10.1. The van der Waals surface area contributed by atoms with Gasteiger partial charge in [0.2, 0.25) is 0 Å². The molecule has 0 aromatic carbocycles. The van der Waals surface area contributed by atoms with Gasteiger partial charge in [-0.25, -0.2) is 0 Å². The predicted molar refractivity (Wildman–Crippen MR) is 58.9 cm³/mol. The fraction of sp³-hybridized carbons (Fsp3) is 0.0833. The van der Waals surface area contributed by atoms with Gasteiger partial charge in [-0.05, 0) is 30.7 Å². The van der Waals surface area contributed by atoms with Gasteiger partial charge in [0.1, 0.15) is 5.75 Å². The van der Waals surface area contributed by atoms with Crippen LogP contribution in [-0.4, -0.2) is 16.4 Å². The van der Waals surface area contributed by atoms with Crippen LogP contribution in [0.4, 0.5) is 0 Å². The lowest BCUT2D eigenvalue weighted by molar-refractivity contribution is -0.120. The van der Waals surface area contributed by atoms with Crippen LogP contribution in [0.5, 0.6) is 5.75 Å². The summed E-state index contributed by atoms with van der Waals surface area (Å²) in [6.45, 7) is 2.35. The molecule has 2 rings (SSSR count). The number of nitrogens with zero attached hydrogens (tertiary/aromatic N) is 2. The molecule has 0 aliphatic heterocycles. The molecule has 16 heavy (non-hydrogen) atoms. The Balaban J connectivity index is 2.27. The van der Waals surface area contributed by atoms with Crippen molar-refractivity contribution in [1.82, 2.24) is 9.97 Å². The smallest absolute Gasteiger partial charge is 0.298 e. The average Bonchev–Trinajstić information content (AvgIpc) is 2.32. The van der Waals surface area contributed by atoms with Crippen molar-refractivity contribution < 1.29 is 9.53 Å². The van der Waals surface area contributed by atoms with E-state index >= 15 is 0 Å². The summed E-state index contributed by atoms with van der Waals surface area (Å²) in [4.78, 5) is 18.5. The number of hydrogen-bond donors (Lipinski definition) is 0. The van der Waals surface area contributed by atoms with Gasteiger partial charge in [0.05, 0.1) is 17.6 Å². The van der Waals surface area contributed by atoms with E-state index in [4.69, 9.17) is 0 Å². The molecule has 0 radical (unpaired) electrons. The van der Waals surface area contributed by atoms with Gasteiger partial charge in [0.25, 0.3) is 6.47 Å². The molecular formula is C12H10N2O2. The van der Waals surface area contributed by atoms with E-state index in [2.05, 4.69) is 14.7 Å². The molecule has 80 valence electrons. The van der Waals surface area contributed by atoms with Crippen LogP contribution in [0, 0.1) is 6.92 Å². The number of carbonyl (C=O) groups excluding carboxylic acids is 1. The third kappa shape index (κ3) is 2.23. The van der Waals surface area contributed by atoms with Crippen LogP contribution in [0.25, 0.3) is 11.4 Å². The molecule has 4 nitrogen and oxygen atoms in total. The van der Waals surface area contributed by atoms with E-state index in [1.54, 1.807) is 18.3 Å². The zero-order valence-electron chi connectivity index (χ0n) is 8.75. The number of carbonyl (C=O) groups is 1. The van der Waals surface area contributed by atoms with E-state index in [0.29, 0.717) is 12.2 Å². The lowest BCUT2D eigenvalue weighted by Crippen LogP contribution is -1.91. The average molecular weight is 214 g/mol. The molecule has 0 fully saturated rings. The molecule has 0 aliphatic rings. The lowest BCUT2D eigenvalue weighted by atomic mass is 10.2. The second-order valence-electron chi connectivity index (χ2n) is 3.31. The largest absolute Gasteiger partial charge is 0.427 e. The van der Waals surface area contributed by atoms with E-state index in [1.165, 1.54) is 6.20 Å². The molecule has 2 heterocycles. The maximum absolute atomic E-state index is 10.1. The third-order valence-corrected chi connectivity index (χ3v) is 2.09. The Morgan fingerprint density at radius 3 is 2.25 bits per heavy atom. The summed E-state index contributed by atoms with van der Waals surface area (Å²) in [5.41, 5.74) is 2.64. The number of aryl methyl sites for hydroxylation is 1. The number of aromatic nitrogens is 2. The van der Waals surface area contributed by atoms with E-state index in [9.17, 15) is 4.79 Å². The summed E-state index contributed by atoms with van der Waals surface area (Å²) < 4.78 is 4.65. The van der Waals surface area contributed by atoms with Crippen LogP contribution in [-0.2, 0) is 4.79 Å². The van der Waals surface area contributed by atoms with Crippen molar-refractivity contribution in [3.8, 4) is 17.1 Å². The summed E-state index contributed by atoms with van der Waals surface area (Å²) in [6.07, 6.45) is 3.28. The lowest BCUT2D eigenvalue weighted by Gasteiger charge is -2.01. The van der Waals surface area contributed by atoms with Gasteiger partial charge in [-0.2, -0.15) is 0 Å².